The number of hydrogen-bond acceptors (Lipinski definition) is 6. The molecule has 2 N–H and O–H groups in total. The molecular formula is C27H28FN3O3. The van der Waals surface area contributed by atoms with Crippen molar-refractivity contribution in [3.63, 3.8) is 0 Å². The fraction of sp³-hybridized carbons (Fsp3) is 0.333. The number of fused-ring (bicyclic) bond motifs is 4. The second kappa shape index (κ2) is 8.81. The zero-order valence-corrected chi connectivity index (χ0v) is 19.1. The lowest BCUT2D eigenvalue weighted by Gasteiger charge is -2.40. The van der Waals surface area contributed by atoms with Crippen LogP contribution in [0.5, 0.6) is 17.2 Å². The number of ether oxygens (including phenoxy) is 3. The number of nitrogens with one attached hydrogen (secondary N) is 2. The third-order valence-corrected chi connectivity index (χ3v) is 6.92. The smallest absolute Gasteiger partial charge is 0.163 e. The van der Waals surface area contributed by atoms with Gasteiger partial charge in [0.05, 0.1) is 18.7 Å². The van der Waals surface area contributed by atoms with Gasteiger partial charge in [0.2, 0.25) is 0 Å². The van der Waals surface area contributed by atoms with Crippen molar-refractivity contribution in [2.75, 3.05) is 31.3 Å². The van der Waals surface area contributed by atoms with Gasteiger partial charge in [0, 0.05) is 36.3 Å². The highest BCUT2D eigenvalue weighted by Gasteiger charge is 2.44. The molecule has 3 heterocycles. The van der Waals surface area contributed by atoms with Gasteiger partial charge in [0.1, 0.15) is 24.8 Å². The Balaban J connectivity index is 1.37. The van der Waals surface area contributed by atoms with Gasteiger partial charge < -0.3 is 19.1 Å². The summed E-state index contributed by atoms with van der Waals surface area (Å²) in [5, 5.41) is 0. The largest absolute Gasteiger partial charge is 0.494 e. The molecule has 0 bridgehead atoms. The monoisotopic (exact) mass is 461 g/mol. The predicted molar refractivity (Wildman–Crippen MR) is 128 cm³/mol. The van der Waals surface area contributed by atoms with Crippen molar-refractivity contribution < 1.29 is 18.6 Å². The molecule has 1 saturated heterocycles. The summed E-state index contributed by atoms with van der Waals surface area (Å²) in [5.41, 5.74) is 11.1. The van der Waals surface area contributed by atoms with Gasteiger partial charge in [-0.15, -0.1) is 0 Å². The van der Waals surface area contributed by atoms with Crippen LogP contribution in [0.25, 0.3) is 0 Å². The number of rotatable bonds is 5. The first-order chi connectivity index (χ1) is 16.7. The summed E-state index contributed by atoms with van der Waals surface area (Å²) in [6.07, 6.45) is 0. The molecular weight excluding hydrogens is 433 g/mol. The zero-order chi connectivity index (χ0) is 23.1. The van der Waals surface area contributed by atoms with Gasteiger partial charge in [0.25, 0.3) is 0 Å². The van der Waals surface area contributed by atoms with E-state index in [4.69, 9.17) is 14.2 Å². The lowest BCUT2D eigenvalue weighted by Crippen LogP contribution is -2.39. The summed E-state index contributed by atoms with van der Waals surface area (Å²) in [4.78, 5) is 2.27. The normalized spacial score (nSPS) is 22.8. The van der Waals surface area contributed by atoms with Crippen LogP contribution in [0.3, 0.4) is 0 Å². The molecule has 6 rings (SSSR count). The van der Waals surface area contributed by atoms with Gasteiger partial charge in [-0.1, -0.05) is 30.3 Å². The number of anilines is 1. The van der Waals surface area contributed by atoms with Gasteiger partial charge in [-0.25, -0.2) is 15.2 Å². The average Bonchev–Trinajstić information content (AvgIpc) is 3.29. The number of benzene rings is 3. The van der Waals surface area contributed by atoms with Crippen LogP contribution in [0, 0.1) is 11.7 Å². The van der Waals surface area contributed by atoms with E-state index < -0.39 is 0 Å². The van der Waals surface area contributed by atoms with Crippen molar-refractivity contribution in [2.24, 2.45) is 5.92 Å². The summed E-state index contributed by atoms with van der Waals surface area (Å²) < 4.78 is 32.0. The Morgan fingerprint density at radius 2 is 1.71 bits per heavy atom. The molecule has 0 spiro atoms. The number of nitrogens with zero attached hydrogens (tertiary/aromatic N) is 1. The lowest BCUT2D eigenvalue weighted by molar-refractivity contribution is 0.171. The molecule has 6 nitrogen and oxygen atoms in total. The predicted octanol–water partition coefficient (Wildman–Crippen LogP) is 4.52. The van der Waals surface area contributed by atoms with Crippen molar-refractivity contribution in [3.05, 3.63) is 83.2 Å². The zero-order valence-electron chi connectivity index (χ0n) is 19.1. The molecule has 3 atom stereocenters. The molecule has 34 heavy (non-hydrogen) atoms. The van der Waals surface area contributed by atoms with E-state index in [0.717, 1.165) is 35.0 Å². The summed E-state index contributed by atoms with van der Waals surface area (Å²) >= 11 is 0. The maximum Gasteiger partial charge on any atom is 0.163 e. The Hall–Kier alpha value is -3.29. The third-order valence-electron chi connectivity index (χ3n) is 6.92. The Morgan fingerprint density at radius 3 is 2.47 bits per heavy atom. The van der Waals surface area contributed by atoms with Crippen molar-refractivity contribution in [2.45, 2.75) is 25.6 Å². The molecule has 3 aromatic carbocycles. The molecule has 0 saturated carbocycles. The van der Waals surface area contributed by atoms with Crippen LogP contribution in [-0.4, -0.2) is 26.4 Å². The van der Waals surface area contributed by atoms with E-state index in [9.17, 15) is 4.39 Å². The summed E-state index contributed by atoms with van der Waals surface area (Å²) in [6, 6.07) is 19.6. The molecule has 3 aliphatic rings. The molecule has 0 amide bonds. The molecule has 3 unspecified atom stereocenters. The van der Waals surface area contributed by atoms with Gasteiger partial charge in [-0.2, -0.15) is 0 Å². The standard InChI is InChI=1S/C27H28FN3O3/c1-2-32-19-9-7-17(8-10-19)26-21-16-31(15-18-5-3-4-6-22(18)28)23-14-25-24(33-11-12-34-25)13-20(23)27(21)30-29-26/h3-10,13-14,21,26-27,29-30H,2,11-12,15-16H2,1H3. The Morgan fingerprint density at radius 1 is 0.971 bits per heavy atom. The van der Waals surface area contributed by atoms with Crippen molar-refractivity contribution >= 4 is 5.69 Å². The van der Waals surface area contributed by atoms with Crippen LogP contribution in [0.15, 0.2) is 60.7 Å². The van der Waals surface area contributed by atoms with Crippen LogP contribution in [0.2, 0.25) is 0 Å². The second-order valence-corrected chi connectivity index (χ2v) is 8.94. The lowest BCUT2D eigenvalue weighted by atomic mass is 9.81. The maximum atomic E-state index is 14.6. The van der Waals surface area contributed by atoms with E-state index in [1.165, 1.54) is 11.6 Å². The quantitative estimate of drug-likeness (QED) is 0.583. The van der Waals surface area contributed by atoms with Gasteiger partial charge in [-0.3, -0.25) is 0 Å². The van der Waals surface area contributed by atoms with Crippen molar-refractivity contribution in [1.29, 1.82) is 0 Å². The van der Waals surface area contributed by atoms with E-state index >= 15 is 0 Å². The second-order valence-electron chi connectivity index (χ2n) is 8.94. The van der Waals surface area contributed by atoms with Gasteiger partial charge in [-0.05, 0) is 42.3 Å². The topological polar surface area (TPSA) is 55.0 Å². The highest BCUT2D eigenvalue weighted by Crippen LogP contribution is 2.49. The fourth-order valence-electron chi connectivity index (χ4n) is 5.33. The van der Waals surface area contributed by atoms with Gasteiger partial charge >= 0.3 is 0 Å². The Labute approximate surface area is 198 Å². The first kappa shape index (κ1) is 21.3. The summed E-state index contributed by atoms with van der Waals surface area (Å²) in [6.45, 7) is 4.95. The van der Waals surface area contributed by atoms with E-state index in [1.54, 1.807) is 6.07 Å². The van der Waals surface area contributed by atoms with Crippen LogP contribution in [-0.2, 0) is 6.54 Å². The molecule has 0 aliphatic carbocycles. The SMILES string of the molecule is CCOc1ccc(C2NNC3c4cc5c(cc4N(Cc4ccccc4F)CC23)OCCO5)cc1. The summed E-state index contributed by atoms with van der Waals surface area (Å²) in [5.74, 6) is 2.43. The van der Waals surface area contributed by atoms with E-state index in [2.05, 4.69) is 34.0 Å². The minimum Gasteiger partial charge on any atom is -0.494 e. The Bertz CT molecular complexity index is 1190. The maximum absolute atomic E-state index is 14.6. The van der Waals surface area contributed by atoms with Crippen molar-refractivity contribution in [1.82, 2.24) is 10.9 Å². The average molecular weight is 462 g/mol. The van der Waals surface area contributed by atoms with Crippen LogP contribution < -0.4 is 30.0 Å². The molecule has 176 valence electrons. The van der Waals surface area contributed by atoms with Crippen molar-refractivity contribution in [3.8, 4) is 17.2 Å². The first-order valence-electron chi connectivity index (χ1n) is 11.9. The fourth-order valence-corrected chi connectivity index (χ4v) is 5.33. The minimum absolute atomic E-state index is 0.0965. The van der Waals surface area contributed by atoms with Gasteiger partial charge in [0.15, 0.2) is 11.5 Å². The minimum atomic E-state index is -0.186. The Kier molecular flexibility index (Phi) is 5.51. The van der Waals surface area contributed by atoms with E-state index in [1.807, 2.05) is 37.3 Å². The van der Waals surface area contributed by atoms with E-state index in [-0.39, 0.29) is 23.8 Å². The molecule has 3 aliphatic heterocycles. The summed E-state index contributed by atoms with van der Waals surface area (Å²) in [7, 11) is 0. The van der Waals surface area contributed by atoms with E-state index in [0.29, 0.717) is 31.9 Å². The number of hydrazine groups is 1. The molecule has 0 radical (unpaired) electrons. The number of halogens is 1. The molecule has 1 fully saturated rings. The van der Waals surface area contributed by atoms with Crippen LogP contribution >= 0.6 is 0 Å². The number of hydrogen-bond donors (Lipinski definition) is 2. The van der Waals surface area contributed by atoms with Crippen LogP contribution in [0.4, 0.5) is 10.1 Å². The van der Waals surface area contributed by atoms with Crippen LogP contribution in [0.1, 0.15) is 35.7 Å². The molecule has 3 aromatic rings. The first-order valence-corrected chi connectivity index (χ1v) is 11.9. The highest BCUT2D eigenvalue weighted by molar-refractivity contribution is 5.65. The highest BCUT2D eigenvalue weighted by atomic mass is 19.1. The third kappa shape index (κ3) is 3.75. The molecule has 7 heteroatoms. The molecule has 0 aromatic heterocycles.